The summed E-state index contributed by atoms with van der Waals surface area (Å²) in [6, 6.07) is 13.2. The molecule has 0 fully saturated rings. The number of rotatable bonds is 3. The number of amides is 1. The lowest BCUT2D eigenvalue weighted by atomic mass is 10.1. The Balaban J connectivity index is 1.85. The van der Waals surface area contributed by atoms with Gasteiger partial charge < -0.3 is 10.1 Å². The van der Waals surface area contributed by atoms with Crippen molar-refractivity contribution in [2.45, 2.75) is 0 Å². The van der Waals surface area contributed by atoms with Crippen LogP contribution in [-0.2, 0) is 0 Å². The first-order valence-corrected chi connectivity index (χ1v) is 6.23. The predicted molar refractivity (Wildman–Crippen MR) is 77.4 cm³/mol. The molecule has 3 N–H and O–H groups in total. The maximum absolute atomic E-state index is 12.1. The van der Waals surface area contributed by atoms with Crippen molar-refractivity contribution in [2.75, 3.05) is 5.32 Å². The molecule has 0 saturated carbocycles. The van der Waals surface area contributed by atoms with Gasteiger partial charge in [-0.1, -0.05) is 18.2 Å². The van der Waals surface area contributed by atoms with Crippen molar-refractivity contribution in [3.63, 3.8) is 0 Å². The molecule has 0 unspecified atom stereocenters. The zero-order valence-electron chi connectivity index (χ0n) is 10.8. The SMILES string of the molecule is O=C(O)c1cccc(C(=O)Nc2nc3ccccc3[nH]2)c1. The second kappa shape index (κ2) is 5.09. The Bertz CT molecular complexity index is 806. The van der Waals surface area contributed by atoms with Crippen LogP contribution < -0.4 is 5.32 Å². The molecule has 21 heavy (non-hydrogen) atoms. The maximum atomic E-state index is 12.1. The number of aromatic amines is 1. The van der Waals surface area contributed by atoms with Crippen molar-refractivity contribution < 1.29 is 14.7 Å². The topological polar surface area (TPSA) is 95.1 Å². The first-order chi connectivity index (χ1) is 10.1. The van der Waals surface area contributed by atoms with Crippen LogP contribution in [0.4, 0.5) is 5.95 Å². The molecule has 1 amide bonds. The molecule has 0 bridgehead atoms. The summed E-state index contributed by atoms with van der Waals surface area (Å²) in [7, 11) is 0. The average molecular weight is 281 g/mol. The van der Waals surface area contributed by atoms with Crippen LogP contribution in [0.3, 0.4) is 0 Å². The molecule has 0 aliphatic rings. The molecule has 3 rings (SSSR count). The lowest BCUT2D eigenvalue weighted by Crippen LogP contribution is -2.13. The lowest BCUT2D eigenvalue weighted by Gasteiger charge is -2.02. The highest BCUT2D eigenvalue weighted by Crippen LogP contribution is 2.14. The van der Waals surface area contributed by atoms with E-state index < -0.39 is 11.9 Å². The average Bonchev–Trinajstić information content (AvgIpc) is 2.89. The largest absolute Gasteiger partial charge is 0.478 e. The molecule has 1 aromatic heterocycles. The second-order valence-electron chi connectivity index (χ2n) is 4.44. The van der Waals surface area contributed by atoms with Crippen LogP contribution in [0.1, 0.15) is 20.7 Å². The number of carboxylic acid groups (broad SMARTS) is 1. The standard InChI is InChI=1S/C15H11N3O3/c19-13(9-4-3-5-10(8-9)14(20)21)18-15-16-11-6-1-2-7-12(11)17-15/h1-8H,(H,20,21)(H2,16,17,18,19). The van der Waals surface area contributed by atoms with E-state index in [0.29, 0.717) is 5.95 Å². The molecule has 1 heterocycles. The van der Waals surface area contributed by atoms with E-state index in [0.717, 1.165) is 11.0 Å². The van der Waals surface area contributed by atoms with Crippen LogP contribution in [0.5, 0.6) is 0 Å². The molecule has 0 saturated heterocycles. The summed E-state index contributed by atoms with van der Waals surface area (Å²) in [5, 5.41) is 11.5. The van der Waals surface area contributed by atoms with Crippen molar-refractivity contribution in [2.24, 2.45) is 0 Å². The van der Waals surface area contributed by atoms with Crippen LogP contribution in [0.25, 0.3) is 11.0 Å². The van der Waals surface area contributed by atoms with Crippen LogP contribution in [-0.4, -0.2) is 27.0 Å². The van der Waals surface area contributed by atoms with E-state index in [1.165, 1.54) is 18.2 Å². The minimum atomic E-state index is -1.08. The number of hydrogen-bond donors (Lipinski definition) is 3. The number of anilines is 1. The number of carbonyl (C=O) groups excluding carboxylic acids is 1. The number of aromatic carboxylic acids is 1. The highest BCUT2D eigenvalue weighted by Gasteiger charge is 2.11. The first kappa shape index (κ1) is 12.9. The lowest BCUT2D eigenvalue weighted by molar-refractivity contribution is 0.0697. The number of para-hydroxylation sites is 2. The third-order valence-corrected chi connectivity index (χ3v) is 2.99. The molecule has 0 aliphatic heterocycles. The van der Waals surface area contributed by atoms with Crippen molar-refractivity contribution in [1.82, 2.24) is 9.97 Å². The van der Waals surface area contributed by atoms with Crippen LogP contribution >= 0.6 is 0 Å². The van der Waals surface area contributed by atoms with Gasteiger partial charge in [-0.3, -0.25) is 10.1 Å². The van der Waals surface area contributed by atoms with Gasteiger partial charge in [0.05, 0.1) is 16.6 Å². The summed E-state index contributed by atoms with van der Waals surface area (Å²) in [5.74, 6) is -1.17. The van der Waals surface area contributed by atoms with Crippen molar-refractivity contribution >= 4 is 28.9 Å². The molecule has 0 spiro atoms. The number of hydrogen-bond acceptors (Lipinski definition) is 3. The Morgan fingerprint density at radius 1 is 1.05 bits per heavy atom. The van der Waals surface area contributed by atoms with Crippen molar-refractivity contribution in [3.05, 3.63) is 59.7 Å². The smallest absolute Gasteiger partial charge is 0.335 e. The van der Waals surface area contributed by atoms with Crippen LogP contribution in [0.2, 0.25) is 0 Å². The molecular weight excluding hydrogens is 270 g/mol. The highest BCUT2D eigenvalue weighted by atomic mass is 16.4. The number of carboxylic acids is 1. The Morgan fingerprint density at radius 2 is 1.81 bits per heavy atom. The molecule has 3 aromatic rings. The molecular formula is C15H11N3O3. The van der Waals surface area contributed by atoms with E-state index >= 15 is 0 Å². The van der Waals surface area contributed by atoms with Gasteiger partial charge in [0.1, 0.15) is 0 Å². The third-order valence-electron chi connectivity index (χ3n) is 2.99. The Morgan fingerprint density at radius 3 is 2.57 bits per heavy atom. The van der Waals surface area contributed by atoms with E-state index in [4.69, 9.17) is 5.11 Å². The number of aromatic nitrogens is 2. The van der Waals surface area contributed by atoms with E-state index in [-0.39, 0.29) is 11.1 Å². The summed E-state index contributed by atoms with van der Waals surface area (Å²) >= 11 is 0. The number of fused-ring (bicyclic) bond motifs is 1. The Hall–Kier alpha value is -3.15. The molecule has 0 radical (unpaired) electrons. The number of H-pyrrole nitrogens is 1. The van der Waals surface area contributed by atoms with Gasteiger partial charge in [-0.05, 0) is 30.3 Å². The minimum absolute atomic E-state index is 0.0623. The number of nitrogens with zero attached hydrogens (tertiary/aromatic N) is 1. The number of nitrogens with one attached hydrogen (secondary N) is 2. The molecule has 0 atom stereocenters. The first-order valence-electron chi connectivity index (χ1n) is 6.23. The van der Waals surface area contributed by atoms with E-state index in [1.807, 2.05) is 24.3 Å². The van der Waals surface area contributed by atoms with Crippen LogP contribution in [0.15, 0.2) is 48.5 Å². The van der Waals surface area contributed by atoms with Gasteiger partial charge in [-0.25, -0.2) is 9.78 Å². The predicted octanol–water partition coefficient (Wildman–Crippen LogP) is 2.51. The number of imidazole rings is 1. The zero-order chi connectivity index (χ0) is 14.8. The number of benzene rings is 2. The normalized spacial score (nSPS) is 10.5. The molecule has 2 aromatic carbocycles. The van der Waals surface area contributed by atoms with Crippen molar-refractivity contribution in [3.8, 4) is 0 Å². The fraction of sp³-hybridized carbons (Fsp3) is 0. The van der Waals surface area contributed by atoms with Crippen LogP contribution in [0, 0.1) is 0 Å². The molecule has 0 aliphatic carbocycles. The van der Waals surface area contributed by atoms with Gasteiger partial charge >= 0.3 is 5.97 Å². The fourth-order valence-corrected chi connectivity index (χ4v) is 1.99. The monoisotopic (exact) mass is 281 g/mol. The fourth-order valence-electron chi connectivity index (χ4n) is 1.99. The molecule has 6 nitrogen and oxygen atoms in total. The maximum Gasteiger partial charge on any atom is 0.335 e. The van der Waals surface area contributed by atoms with Gasteiger partial charge in [0, 0.05) is 5.56 Å². The van der Waals surface area contributed by atoms with E-state index in [9.17, 15) is 9.59 Å². The highest BCUT2D eigenvalue weighted by molar-refractivity contribution is 6.05. The summed E-state index contributed by atoms with van der Waals surface area (Å²) in [5.41, 5.74) is 1.88. The van der Waals surface area contributed by atoms with Crippen molar-refractivity contribution in [1.29, 1.82) is 0 Å². The quantitative estimate of drug-likeness (QED) is 0.687. The second-order valence-corrected chi connectivity index (χ2v) is 4.44. The zero-order valence-corrected chi connectivity index (χ0v) is 10.8. The molecule has 6 heteroatoms. The van der Waals surface area contributed by atoms with Gasteiger partial charge in [-0.2, -0.15) is 0 Å². The summed E-state index contributed by atoms with van der Waals surface area (Å²) in [6.07, 6.45) is 0. The van der Waals surface area contributed by atoms with Gasteiger partial charge in [0.2, 0.25) is 5.95 Å². The van der Waals surface area contributed by atoms with Gasteiger partial charge in [-0.15, -0.1) is 0 Å². The Kier molecular flexibility index (Phi) is 3.12. The number of carbonyl (C=O) groups is 2. The molecule has 104 valence electrons. The van der Waals surface area contributed by atoms with E-state index in [2.05, 4.69) is 15.3 Å². The van der Waals surface area contributed by atoms with E-state index in [1.54, 1.807) is 6.07 Å². The van der Waals surface area contributed by atoms with Gasteiger partial charge in [0.25, 0.3) is 5.91 Å². The minimum Gasteiger partial charge on any atom is -0.478 e. The Labute approximate surface area is 119 Å². The third kappa shape index (κ3) is 2.59. The summed E-state index contributed by atoms with van der Waals surface area (Å²) in [4.78, 5) is 30.2. The van der Waals surface area contributed by atoms with Gasteiger partial charge in [0.15, 0.2) is 0 Å². The summed E-state index contributed by atoms with van der Waals surface area (Å²) in [6.45, 7) is 0. The summed E-state index contributed by atoms with van der Waals surface area (Å²) < 4.78 is 0.